The molecule has 0 radical (unpaired) electrons. The Bertz CT molecular complexity index is 817. The summed E-state index contributed by atoms with van der Waals surface area (Å²) < 4.78 is 5.04. The Morgan fingerprint density at radius 2 is 1.97 bits per heavy atom. The molecule has 1 aliphatic rings. The zero-order valence-electron chi connectivity index (χ0n) is 16.6. The van der Waals surface area contributed by atoms with E-state index in [4.69, 9.17) is 16.0 Å². The number of nitrogens with one attached hydrogen (secondary N) is 2. The highest BCUT2D eigenvalue weighted by Crippen LogP contribution is 2.30. The molecule has 2 amide bonds. The van der Waals surface area contributed by atoms with Crippen molar-refractivity contribution in [2.24, 2.45) is 0 Å². The van der Waals surface area contributed by atoms with Gasteiger partial charge in [-0.2, -0.15) is 0 Å². The summed E-state index contributed by atoms with van der Waals surface area (Å²) in [6, 6.07) is 8.86. The fourth-order valence-electron chi connectivity index (χ4n) is 3.35. The Morgan fingerprint density at radius 1 is 1.17 bits per heavy atom. The molecular weight excluding hydrogens is 392 g/mol. The minimum absolute atomic E-state index is 0.104. The molecule has 3 rings (SSSR count). The van der Waals surface area contributed by atoms with Gasteiger partial charge in [-0.25, -0.2) is 0 Å². The van der Waals surface area contributed by atoms with Crippen LogP contribution in [0, 0.1) is 0 Å². The number of hydrogen-bond donors (Lipinski definition) is 2. The van der Waals surface area contributed by atoms with Gasteiger partial charge < -0.3 is 24.9 Å². The minimum atomic E-state index is -0.279. The molecule has 0 bridgehead atoms. The van der Waals surface area contributed by atoms with Gasteiger partial charge in [0.25, 0.3) is 5.91 Å². The SMILES string of the molecule is CCN1CCN(c2ccc(Cl)cc2NC(=O)CCCNC(=O)c2ccco2)CC1. The molecule has 1 saturated heterocycles. The predicted octanol–water partition coefficient (Wildman–Crippen LogP) is 3.22. The van der Waals surface area contributed by atoms with Crippen molar-refractivity contribution in [2.45, 2.75) is 19.8 Å². The number of rotatable bonds is 8. The van der Waals surface area contributed by atoms with Crippen LogP contribution in [-0.2, 0) is 4.79 Å². The average Bonchev–Trinajstić information content (AvgIpc) is 3.26. The number of anilines is 2. The quantitative estimate of drug-likeness (QED) is 0.643. The highest BCUT2D eigenvalue weighted by atomic mass is 35.5. The Labute approximate surface area is 176 Å². The van der Waals surface area contributed by atoms with Crippen LogP contribution in [0.3, 0.4) is 0 Å². The van der Waals surface area contributed by atoms with Crippen molar-refractivity contribution in [2.75, 3.05) is 49.5 Å². The summed E-state index contributed by atoms with van der Waals surface area (Å²) in [5.74, 6) is -0.118. The maximum atomic E-state index is 12.4. The molecule has 2 aromatic rings. The monoisotopic (exact) mass is 418 g/mol. The molecule has 1 fully saturated rings. The van der Waals surface area contributed by atoms with Gasteiger partial charge in [-0.1, -0.05) is 18.5 Å². The van der Waals surface area contributed by atoms with Gasteiger partial charge in [0.2, 0.25) is 5.91 Å². The van der Waals surface area contributed by atoms with Crippen molar-refractivity contribution in [3.05, 3.63) is 47.4 Å². The van der Waals surface area contributed by atoms with Gasteiger partial charge in [0, 0.05) is 44.2 Å². The van der Waals surface area contributed by atoms with Crippen molar-refractivity contribution in [3.63, 3.8) is 0 Å². The molecule has 0 spiro atoms. The standard InChI is InChI=1S/C21H27ClN4O3/c1-2-25-10-12-26(13-11-25)18-8-7-16(22)15-17(18)24-20(27)6-3-9-23-21(28)19-5-4-14-29-19/h4-5,7-8,14-15H,2-3,6,9-13H2,1H3,(H,23,28)(H,24,27). The molecule has 156 valence electrons. The number of piperazine rings is 1. The largest absolute Gasteiger partial charge is 0.459 e. The van der Waals surface area contributed by atoms with Gasteiger partial charge in [-0.3, -0.25) is 9.59 Å². The first-order valence-corrected chi connectivity index (χ1v) is 10.3. The molecule has 1 aliphatic heterocycles. The van der Waals surface area contributed by atoms with E-state index in [1.807, 2.05) is 12.1 Å². The molecule has 2 N–H and O–H groups in total. The highest BCUT2D eigenvalue weighted by molar-refractivity contribution is 6.31. The molecule has 2 heterocycles. The van der Waals surface area contributed by atoms with Gasteiger partial charge in [0.1, 0.15) is 0 Å². The third-order valence-electron chi connectivity index (χ3n) is 5.00. The summed E-state index contributed by atoms with van der Waals surface area (Å²) in [6.07, 6.45) is 2.28. The Kier molecular flexibility index (Phi) is 7.55. The lowest BCUT2D eigenvalue weighted by Gasteiger charge is -2.36. The predicted molar refractivity (Wildman–Crippen MR) is 115 cm³/mol. The van der Waals surface area contributed by atoms with E-state index < -0.39 is 0 Å². The summed E-state index contributed by atoms with van der Waals surface area (Å²) >= 11 is 6.16. The summed E-state index contributed by atoms with van der Waals surface area (Å²) in [4.78, 5) is 28.9. The van der Waals surface area contributed by atoms with Gasteiger partial charge in [0.05, 0.1) is 17.6 Å². The molecular formula is C21H27ClN4O3. The third-order valence-corrected chi connectivity index (χ3v) is 5.24. The van der Waals surface area contributed by atoms with Crippen molar-refractivity contribution in [1.29, 1.82) is 0 Å². The van der Waals surface area contributed by atoms with E-state index >= 15 is 0 Å². The maximum absolute atomic E-state index is 12.4. The summed E-state index contributed by atoms with van der Waals surface area (Å²) in [5.41, 5.74) is 1.72. The summed E-state index contributed by atoms with van der Waals surface area (Å²) in [5, 5.41) is 6.30. The van der Waals surface area contributed by atoms with Crippen LogP contribution in [0.2, 0.25) is 5.02 Å². The zero-order valence-corrected chi connectivity index (χ0v) is 17.4. The Morgan fingerprint density at radius 3 is 2.66 bits per heavy atom. The number of benzene rings is 1. The molecule has 0 aliphatic carbocycles. The average molecular weight is 419 g/mol. The van der Waals surface area contributed by atoms with Crippen LogP contribution in [0.15, 0.2) is 41.0 Å². The maximum Gasteiger partial charge on any atom is 0.286 e. The first-order chi connectivity index (χ1) is 14.1. The van der Waals surface area contributed by atoms with Gasteiger partial charge in [-0.15, -0.1) is 0 Å². The number of likely N-dealkylation sites (N-methyl/N-ethyl adjacent to an activating group) is 1. The van der Waals surface area contributed by atoms with Crippen LogP contribution in [0.4, 0.5) is 11.4 Å². The first-order valence-electron chi connectivity index (χ1n) is 9.95. The normalized spacial score (nSPS) is 14.6. The highest BCUT2D eigenvalue weighted by Gasteiger charge is 2.19. The molecule has 1 aromatic carbocycles. The topological polar surface area (TPSA) is 77.8 Å². The molecule has 0 atom stereocenters. The lowest BCUT2D eigenvalue weighted by atomic mass is 10.2. The second-order valence-corrected chi connectivity index (χ2v) is 7.40. The number of furan rings is 1. The van der Waals surface area contributed by atoms with Crippen LogP contribution in [0.1, 0.15) is 30.3 Å². The van der Waals surface area contributed by atoms with E-state index in [2.05, 4.69) is 27.4 Å². The Hall–Kier alpha value is -2.51. The van der Waals surface area contributed by atoms with E-state index in [0.29, 0.717) is 24.4 Å². The van der Waals surface area contributed by atoms with Gasteiger partial charge in [-0.05, 0) is 43.3 Å². The van der Waals surface area contributed by atoms with E-state index in [-0.39, 0.29) is 17.6 Å². The fourth-order valence-corrected chi connectivity index (χ4v) is 3.52. The molecule has 0 saturated carbocycles. The molecule has 8 heteroatoms. The zero-order chi connectivity index (χ0) is 20.6. The third kappa shape index (κ3) is 5.98. The van der Waals surface area contributed by atoms with Crippen molar-refractivity contribution < 1.29 is 14.0 Å². The van der Waals surface area contributed by atoms with E-state index in [9.17, 15) is 9.59 Å². The summed E-state index contributed by atoms with van der Waals surface area (Å²) in [7, 11) is 0. The second-order valence-electron chi connectivity index (χ2n) is 6.97. The summed E-state index contributed by atoms with van der Waals surface area (Å²) in [6.45, 7) is 7.45. The van der Waals surface area contributed by atoms with E-state index in [1.165, 1.54) is 6.26 Å². The van der Waals surface area contributed by atoms with Gasteiger partial charge >= 0.3 is 0 Å². The van der Waals surface area contributed by atoms with Crippen molar-refractivity contribution in [3.8, 4) is 0 Å². The van der Waals surface area contributed by atoms with Crippen molar-refractivity contribution >= 4 is 34.8 Å². The first kappa shape index (κ1) is 21.2. The van der Waals surface area contributed by atoms with E-state index in [1.54, 1.807) is 18.2 Å². The van der Waals surface area contributed by atoms with Crippen LogP contribution in [0.5, 0.6) is 0 Å². The van der Waals surface area contributed by atoms with Gasteiger partial charge in [0.15, 0.2) is 5.76 Å². The van der Waals surface area contributed by atoms with Crippen LogP contribution < -0.4 is 15.5 Å². The fraction of sp³-hybridized carbons (Fsp3) is 0.429. The number of amides is 2. The smallest absolute Gasteiger partial charge is 0.286 e. The van der Waals surface area contributed by atoms with Crippen molar-refractivity contribution in [1.82, 2.24) is 10.2 Å². The molecule has 29 heavy (non-hydrogen) atoms. The Balaban J connectivity index is 1.50. The number of halogens is 1. The number of hydrogen-bond acceptors (Lipinski definition) is 5. The van der Waals surface area contributed by atoms with Crippen LogP contribution in [-0.4, -0.2) is 56.0 Å². The minimum Gasteiger partial charge on any atom is -0.459 e. The number of carbonyl (C=O) groups is 2. The van der Waals surface area contributed by atoms with E-state index in [0.717, 1.165) is 44.1 Å². The van der Waals surface area contributed by atoms with Crippen LogP contribution >= 0.6 is 11.6 Å². The van der Waals surface area contributed by atoms with Crippen LogP contribution in [0.25, 0.3) is 0 Å². The number of nitrogens with zero attached hydrogens (tertiary/aromatic N) is 2. The lowest BCUT2D eigenvalue weighted by molar-refractivity contribution is -0.116. The number of carbonyl (C=O) groups excluding carboxylic acids is 2. The molecule has 0 unspecified atom stereocenters. The molecule has 1 aromatic heterocycles. The molecule has 7 nitrogen and oxygen atoms in total. The second kappa shape index (κ2) is 10.3. The lowest BCUT2D eigenvalue weighted by Crippen LogP contribution is -2.46.